The molecule has 1 atom stereocenters. The van der Waals surface area contributed by atoms with Gasteiger partial charge in [0.1, 0.15) is 5.75 Å². The maximum atomic E-state index is 13.5. The number of hydrogen-bond donors (Lipinski definition) is 1. The van der Waals surface area contributed by atoms with Crippen molar-refractivity contribution in [3.8, 4) is 5.75 Å². The predicted octanol–water partition coefficient (Wildman–Crippen LogP) is 3.49. The highest BCUT2D eigenvalue weighted by molar-refractivity contribution is 5.66. The first-order chi connectivity index (χ1) is 9.37. The molecule has 1 aromatic rings. The normalized spacial score (nSPS) is 23.4. The van der Waals surface area contributed by atoms with Gasteiger partial charge in [0.25, 0.3) is 5.72 Å². The van der Waals surface area contributed by atoms with Gasteiger partial charge in [-0.05, 0) is 25.0 Å². The molecule has 1 aliphatic rings. The van der Waals surface area contributed by atoms with Crippen molar-refractivity contribution in [2.45, 2.75) is 31.2 Å². The fourth-order valence-electron chi connectivity index (χ4n) is 2.34. The lowest BCUT2D eigenvalue weighted by Gasteiger charge is -2.45. The van der Waals surface area contributed by atoms with Crippen LogP contribution in [0, 0.1) is 0 Å². The summed E-state index contributed by atoms with van der Waals surface area (Å²) in [6.07, 6.45) is -6.18. The summed E-state index contributed by atoms with van der Waals surface area (Å²) in [7, 11) is 0. The first-order valence-electron chi connectivity index (χ1n) is 6.18. The summed E-state index contributed by atoms with van der Waals surface area (Å²) in [5, 5.41) is 9.06. The van der Waals surface area contributed by atoms with Crippen LogP contribution in [0.4, 0.5) is 18.0 Å². The van der Waals surface area contributed by atoms with Crippen molar-refractivity contribution < 1.29 is 27.8 Å². The Bertz CT molecular complexity index is 477. The van der Waals surface area contributed by atoms with Crippen LogP contribution < -0.4 is 4.74 Å². The van der Waals surface area contributed by atoms with Gasteiger partial charge in [-0.2, -0.15) is 13.2 Å². The van der Waals surface area contributed by atoms with Gasteiger partial charge in [0, 0.05) is 13.0 Å². The van der Waals surface area contributed by atoms with Crippen molar-refractivity contribution in [2.75, 3.05) is 6.54 Å². The third kappa shape index (κ3) is 2.52. The summed E-state index contributed by atoms with van der Waals surface area (Å²) in [5.41, 5.74) is -2.81. The molecule has 1 heterocycles. The molecule has 20 heavy (non-hydrogen) atoms. The first-order valence-corrected chi connectivity index (χ1v) is 6.18. The van der Waals surface area contributed by atoms with Gasteiger partial charge in [0.05, 0.1) is 0 Å². The van der Waals surface area contributed by atoms with E-state index in [-0.39, 0.29) is 18.7 Å². The van der Waals surface area contributed by atoms with Gasteiger partial charge in [-0.25, -0.2) is 4.79 Å². The van der Waals surface area contributed by atoms with E-state index in [0.29, 0.717) is 11.3 Å². The van der Waals surface area contributed by atoms with E-state index >= 15 is 0 Å². The molecular weight excluding hydrogens is 275 g/mol. The number of likely N-dealkylation sites (tertiary alicyclic amines) is 1. The minimum absolute atomic E-state index is 0.00187. The molecule has 7 heteroatoms. The zero-order valence-electron chi connectivity index (χ0n) is 10.6. The number of ether oxygens (including phenoxy) is 1. The van der Waals surface area contributed by atoms with Crippen LogP contribution in [0.2, 0.25) is 0 Å². The third-order valence-electron chi connectivity index (χ3n) is 3.29. The van der Waals surface area contributed by atoms with Crippen LogP contribution in [0.3, 0.4) is 0 Å². The van der Waals surface area contributed by atoms with Crippen LogP contribution in [0.15, 0.2) is 30.3 Å². The van der Waals surface area contributed by atoms with E-state index in [0.717, 1.165) is 0 Å². The number of nitrogens with zero attached hydrogens (tertiary/aromatic N) is 1. The Morgan fingerprint density at radius 3 is 2.45 bits per heavy atom. The van der Waals surface area contributed by atoms with E-state index in [1.165, 1.54) is 24.3 Å². The van der Waals surface area contributed by atoms with E-state index in [4.69, 9.17) is 9.84 Å². The van der Waals surface area contributed by atoms with Gasteiger partial charge in [-0.3, -0.25) is 4.90 Å². The number of carboxylic acid groups (broad SMARTS) is 1. The molecule has 0 spiro atoms. The van der Waals surface area contributed by atoms with Crippen molar-refractivity contribution >= 4 is 6.09 Å². The molecule has 4 nitrogen and oxygen atoms in total. The highest BCUT2D eigenvalue weighted by Gasteiger charge is 2.63. The van der Waals surface area contributed by atoms with E-state index in [1.807, 2.05) is 0 Å². The highest BCUT2D eigenvalue weighted by Crippen LogP contribution is 2.43. The molecule has 2 rings (SSSR count). The van der Waals surface area contributed by atoms with Crippen LogP contribution in [0.5, 0.6) is 5.75 Å². The Kier molecular flexibility index (Phi) is 3.78. The van der Waals surface area contributed by atoms with Crippen molar-refractivity contribution in [1.82, 2.24) is 4.90 Å². The van der Waals surface area contributed by atoms with Crippen LogP contribution >= 0.6 is 0 Å². The molecule has 1 aromatic carbocycles. The number of alkyl halides is 3. The molecule has 0 saturated carbocycles. The number of hydrogen-bond acceptors (Lipinski definition) is 2. The number of amides is 1. The van der Waals surface area contributed by atoms with Crippen molar-refractivity contribution in [3.63, 3.8) is 0 Å². The standard InChI is InChI=1S/C13H14F3NO3/c14-13(15,16)12(20-10-6-2-1-3-7-10)8-4-5-9-17(12)11(18)19/h1-3,6-7H,4-5,8-9H2,(H,18,19). The fraction of sp³-hybridized carbons (Fsp3) is 0.462. The molecule has 0 aromatic heterocycles. The number of piperidine rings is 1. The van der Waals surface area contributed by atoms with Crippen molar-refractivity contribution in [2.24, 2.45) is 0 Å². The molecule has 1 fully saturated rings. The lowest BCUT2D eigenvalue weighted by Crippen LogP contribution is -2.66. The quantitative estimate of drug-likeness (QED) is 0.906. The Morgan fingerprint density at radius 1 is 1.25 bits per heavy atom. The number of halogens is 3. The molecule has 1 aliphatic heterocycles. The van der Waals surface area contributed by atoms with E-state index < -0.39 is 24.4 Å². The Labute approximate surface area is 113 Å². The molecule has 0 radical (unpaired) electrons. The Balaban J connectivity index is 2.41. The molecule has 0 aliphatic carbocycles. The third-order valence-corrected chi connectivity index (χ3v) is 3.29. The van der Waals surface area contributed by atoms with Gasteiger partial charge in [0.2, 0.25) is 0 Å². The highest BCUT2D eigenvalue weighted by atomic mass is 19.4. The number of carbonyl (C=O) groups is 1. The van der Waals surface area contributed by atoms with E-state index in [9.17, 15) is 18.0 Å². The van der Waals surface area contributed by atoms with Crippen LogP contribution in [0.1, 0.15) is 19.3 Å². The Hall–Kier alpha value is -1.92. The minimum Gasteiger partial charge on any atom is -0.465 e. The summed E-state index contributed by atoms with van der Waals surface area (Å²) in [4.78, 5) is 11.5. The maximum Gasteiger partial charge on any atom is 0.448 e. The second-order valence-electron chi connectivity index (χ2n) is 4.59. The molecule has 110 valence electrons. The summed E-state index contributed by atoms with van der Waals surface area (Å²) < 4.78 is 45.5. The zero-order chi connectivity index (χ0) is 14.8. The fourth-order valence-corrected chi connectivity index (χ4v) is 2.34. The Morgan fingerprint density at radius 2 is 1.90 bits per heavy atom. The van der Waals surface area contributed by atoms with Gasteiger partial charge < -0.3 is 9.84 Å². The molecule has 1 amide bonds. The van der Waals surface area contributed by atoms with Gasteiger partial charge in [-0.1, -0.05) is 18.2 Å². The van der Waals surface area contributed by atoms with Gasteiger partial charge in [0.15, 0.2) is 0 Å². The van der Waals surface area contributed by atoms with E-state index in [2.05, 4.69) is 0 Å². The average Bonchev–Trinajstić information content (AvgIpc) is 2.39. The smallest absolute Gasteiger partial charge is 0.448 e. The summed E-state index contributed by atoms with van der Waals surface area (Å²) in [6.45, 7) is -0.193. The van der Waals surface area contributed by atoms with Gasteiger partial charge >= 0.3 is 12.3 Å². The maximum absolute atomic E-state index is 13.5. The van der Waals surface area contributed by atoms with Crippen molar-refractivity contribution in [3.05, 3.63) is 30.3 Å². The second-order valence-corrected chi connectivity index (χ2v) is 4.59. The van der Waals surface area contributed by atoms with Crippen molar-refractivity contribution in [1.29, 1.82) is 0 Å². The average molecular weight is 289 g/mol. The zero-order valence-corrected chi connectivity index (χ0v) is 10.6. The summed E-state index contributed by atoms with van der Waals surface area (Å²) >= 11 is 0. The summed E-state index contributed by atoms with van der Waals surface area (Å²) in [6, 6.07) is 7.47. The van der Waals surface area contributed by atoms with E-state index in [1.54, 1.807) is 6.07 Å². The first kappa shape index (κ1) is 14.5. The van der Waals surface area contributed by atoms with Crippen LogP contribution in [-0.4, -0.2) is 34.5 Å². The lowest BCUT2D eigenvalue weighted by molar-refractivity contribution is -0.303. The second kappa shape index (κ2) is 5.22. The largest absolute Gasteiger partial charge is 0.465 e. The molecule has 0 bridgehead atoms. The van der Waals surface area contributed by atoms with Crippen LogP contribution in [0.25, 0.3) is 0 Å². The predicted molar refractivity (Wildman–Crippen MR) is 64.4 cm³/mol. The molecule has 1 unspecified atom stereocenters. The monoisotopic (exact) mass is 289 g/mol. The SMILES string of the molecule is O=C(O)N1CCCCC1(Oc1ccccc1)C(F)(F)F. The molecule has 1 saturated heterocycles. The van der Waals surface area contributed by atoms with Gasteiger partial charge in [-0.15, -0.1) is 0 Å². The number of benzene rings is 1. The topological polar surface area (TPSA) is 49.8 Å². The lowest BCUT2D eigenvalue weighted by atomic mass is 9.97. The minimum atomic E-state index is -4.80. The van der Waals surface area contributed by atoms with Crippen LogP contribution in [-0.2, 0) is 0 Å². The number of rotatable bonds is 2. The molecular formula is C13H14F3NO3. The molecule has 1 N–H and O–H groups in total. The number of para-hydroxylation sites is 1. The summed E-state index contributed by atoms with van der Waals surface area (Å²) in [5.74, 6) is -0.00187.